The zero-order valence-corrected chi connectivity index (χ0v) is 21.3. The highest BCUT2D eigenvalue weighted by Gasteiger charge is 2.34. The number of nitrogens with zero attached hydrogens (tertiary/aromatic N) is 1. The predicted octanol–water partition coefficient (Wildman–Crippen LogP) is 2.24. The van der Waals surface area contributed by atoms with Gasteiger partial charge in [-0.3, -0.25) is 19.7 Å². The number of ether oxygens (including phenoxy) is 3. The second-order valence-corrected chi connectivity index (χ2v) is 9.25. The van der Waals surface area contributed by atoms with E-state index < -0.39 is 17.9 Å². The highest BCUT2D eigenvalue weighted by atomic mass is 32.1. The Labute approximate surface area is 221 Å². The zero-order valence-electron chi connectivity index (χ0n) is 20.5. The summed E-state index contributed by atoms with van der Waals surface area (Å²) in [6, 6.07) is 16.0. The Kier molecular flexibility index (Phi) is 9.45. The molecule has 9 nitrogen and oxygen atoms in total. The molecule has 2 fully saturated rings. The van der Waals surface area contributed by atoms with E-state index in [0.29, 0.717) is 44.0 Å². The molecule has 37 heavy (non-hydrogen) atoms. The van der Waals surface area contributed by atoms with Crippen LogP contribution < -0.4 is 15.4 Å². The molecule has 0 bridgehead atoms. The lowest BCUT2D eigenvalue weighted by molar-refractivity contribution is -0.150. The molecule has 2 aliphatic rings. The van der Waals surface area contributed by atoms with Crippen molar-refractivity contribution >= 4 is 35.1 Å². The van der Waals surface area contributed by atoms with E-state index in [0.717, 1.165) is 18.4 Å². The van der Waals surface area contributed by atoms with Crippen molar-refractivity contribution in [1.29, 1.82) is 0 Å². The topological polar surface area (TPSA) is 106 Å². The van der Waals surface area contributed by atoms with Crippen LogP contribution in [0.25, 0.3) is 0 Å². The molecule has 2 amide bonds. The van der Waals surface area contributed by atoms with Crippen molar-refractivity contribution in [1.82, 2.24) is 15.5 Å². The van der Waals surface area contributed by atoms with E-state index in [1.165, 1.54) is 0 Å². The number of amides is 2. The van der Waals surface area contributed by atoms with Gasteiger partial charge in [-0.25, -0.2) is 0 Å². The first-order valence-electron chi connectivity index (χ1n) is 12.4. The van der Waals surface area contributed by atoms with Crippen LogP contribution >= 0.6 is 12.2 Å². The second-order valence-electron chi connectivity index (χ2n) is 8.86. The van der Waals surface area contributed by atoms with Crippen LogP contribution in [0.5, 0.6) is 5.75 Å². The van der Waals surface area contributed by atoms with Crippen molar-refractivity contribution in [3.8, 4) is 5.75 Å². The van der Waals surface area contributed by atoms with Crippen LogP contribution in [0.3, 0.4) is 0 Å². The Morgan fingerprint density at radius 3 is 2.70 bits per heavy atom. The van der Waals surface area contributed by atoms with Gasteiger partial charge < -0.3 is 24.4 Å². The van der Waals surface area contributed by atoms with Crippen LogP contribution in [-0.4, -0.2) is 72.9 Å². The lowest BCUT2D eigenvalue weighted by Crippen LogP contribution is -2.60. The molecule has 196 valence electrons. The van der Waals surface area contributed by atoms with E-state index in [1.54, 1.807) is 29.2 Å². The zero-order chi connectivity index (χ0) is 26.0. The minimum atomic E-state index is -0.879. The summed E-state index contributed by atoms with van der Waals surface area (Å²) in [5.74, 6) is -0.884. The van der Waals surface area contributed by atoms with E-state index >= 15 is 0 Å². The molecule has 0 spiro atoms. The highest BCUT2D eigenvalue weighted by Crippen LogP contribution is 2.19. The lowest BCUT2D eigenvalue weighted by atomic mass is 10.1. The van der Waals surface area contributed by atoms with Crippen molar-refractivity contribution in [2.45, 2.75) is 37.8 Å². The van der Waals surface area contributed by atoms with Gasteiger partial charge in [0.05, 0.1) is 24.7 Å². The third kappa shape index (κ3) is 7.50. The number of para-hydroxylation sites is 1. The molecule has 2 N–H and O–H groups in total. The van der Waals surface area contributed by atoms with Gasteiger partial charge in [-0.2, -0.15) is 0 Å². The standard InChI is InChI=1S/C27H31N3O6S/c31-24(36-18-20-9-6-15-34-20)17-22-26(33)28-13-14-30(22)27(37)29-25(32)21-10-4-5-11-23(21)35-16-12-19-7-2-1-3-8-19/h1-5,7-8,10-11,20,22H,6,9,12-18H2,(H,28,33)(H,29,32,37). The van der Waals surface area contributed by atoms with E-state index in [4.69, 9.17) is 26.4 Å². The Balaban J connectivity index is 1.34. The third-order valence-electron chi connectivity index (χ3n) is 6.25. The van der Waals surface area contributed by atoms with Gasteiger partial charge in [0.15, 0.2) is 5.11 Å². The number of carbonyl (C=O) groups is 3. The monoisotopic (exact) mass is 525 g/mol. The van der Waals surface area contributed by atoms with Gasteiger partial charge in [-0.15, -0.1) is 0 Å². The molecule has 0 aromatic heterocycles. The summed E-state index contributed by atoms with van der Waals surface area (Å²) in [5, 5.41) is 5.51. The Morgan fingerprint density at radius 2 is 1.92 bits per heavy atom. The third-order valence-corrected chi connectivity index (χ3v) is 6.59. The first-order valence-corrected chi connectivity index (χ1v) is 12.8. The molecule has 0 aliphatic carbocycles. The minimum Gasteiger partial charge on any atom is -0.492 e. The molecule has 0 radical (unpaired) electrons. The van der Waals surface area contributed by atoms with E-state index in [2.05, 4.69) is 10.6 Å². The summed E-state index contributed by atoms with van der Waals surface area (Å²) in [7, 11) is 0. The van der Waals surface area contributed by atoms with Crippen LogP contribution in [-0.2, 0) is 25.5 Å². The summed E-state index contributed by atoms with van der Waals surface area (Å²) >= 11 is 5.48. The fraction of sp³-hybridized carbons (Fsp3) is 0.407. The normalized spacial score (nSPS) is 19.1. The fourth-order valence-corrected chi connectivity index (χ4v) is 4.59. The number of piperazine rings is 1. The molecule has 4 rings (SSSR count). The largest absolute Gasteiger partial charge is 0.492 e. The molecule has 2 aromatic carbocycles. The van der Waals surface area contributed by atoms with Crippen molar-refractivity contribution in [2.24, 2.45) is 0 Å². The number of hydrogen-bond donors (Lipinski definition) is 2. The Hall–Kier alpha value is -3.50. The fourth-order valence-electron chi connectivity index (χ4n) is 4.28. The first-order chi connectivity index (χ1) is 18.0. The maximum atomic E-state index is 13.1. The van der Waals surface area contributed by atoms with Gasteiger partial charge in [0.2, 0.25) is 5.91 Å². The first kappa shape index (κ1) is 26.6. The molecule has 2 aliphatic heterocycles. The van der Waals surface area contributed by atoms with Gasteiger partial charge in [0.25, 0.3) is 5.91 Å². The van der Waals surface area contributed by atoms with E-state index in [9.17, 15) is 14.4 Å². The number of nitrogens with one attached hydrogen (secondary N) is 2. The van der Waals surface area contributed by atoms with Crippen molar-refractivity contribution < 1.29 is 28.6 Å². The molecule has 2 saturated heterocycles. The maximum absolute atomic E-state index is 13.1. The molecule has 2 aromatic rings. The average Bonchev–Trinajstić information content (AvgIpc) is 3.43. The predicted molar refractivity (Wildman–Crippen MR) is 140 cm³/mol. The van der Waals surface area contributed by atoms with E-state index in [-0.39, 0.29) is 30.2 Å². The molecule has 2 unspecified atom stereocenters. The van der Waals surface area contributed by atoms with Gasteiger partial charge in [0.1, 0.15) is 18.4 Å². The molecular weight excluding hydrogens is 494 g/mol. The van der Waals surface area contributed by atoms with Crippen LogP contribution in [0.15, 0.2) is 54.6 Å². The SMILES string of the molecule is O=C(CC1C(=O)NCCN1C(=S)NC(=O)c1ccccc1OCCc1ccccc1)OCC1CCCO1. The minimum absolute atomic E-state index is 0.0656. The second kappa shape index (κ2) is 13.2. The van der Waals surface area contributed by atoms with Crippen molar-refractivity contribution in [3.05, 3.63) is 65.7 Å². The van der Waals surface area contributed by atoms with Crippen molar-refractivity contribution in [3.63, 3.8) is 0 Å². The van der Waals surface area contributed by atoms with Crippen molar-refractivity contribution in [2.75, 3.05) is 32.9 Å². The molecular formula is C27H31N3O6S. The summed E-state index contributed by atoms with van der Waals surface area (Å²) in [4.78, 5) is 39.7. The number of carbonyl (C=O) groups excluding carboxylic acids is 3. The van der Waals surface area contributed by atoms with Crippen LogP contribution in [0.2, 0.25) is 0 Å². The summed E-state index contributed by atoms with van der Waals surface area (Å²) < 4.78 is 16.7. The summed E-state index contributed by atoms with van der Waals surface area (Å²) in [5.41, 5.74) is 1.46. The van der Waals surface area contributed by atoms with Gasteiger partial charge in [0, 0.05) is 26.1 Å². The number of benzene rings is 2. The Morgan fingerprint density at radius 1 is 1.14 bits per heavy atom. The Bertz CT molecular complexity index is 1110. The quantitative estimate of drug-likeness (QED) is 0.379. The number of thiocarbonyl (C=S) groups is 1. The number of hydrogen-bond acceptors (Lipinski definition) is 7. The van der Waals surface area contributed by atoms with Crippen LogP contribution in [0.4, 0.5) is 0 Å². The smallest absolute Gasteiger partial charge is 0.308 e. The highest BCUT2D eigenvalue weighted by molar-refractivity contribution is 7.80. The van der Waals surface area contributed by atoms with Gasteiger partial charge in [-0.1, -0.05) is 42.5 Å². The molecule has 0 saturated carbocycles. The van der Waals surface area contributed by atoms with Crippen LogP contribution in [0.1, 0.15) is 35.2 Å². The number of rotatable bonds is 9. The maximum Gasteiger partial charge on any atom is 0.308 e. The van der Waals surface area contributed by atoms with E-state index in [1.807, 2.05) is 30.3 Å². The van der Waals surface area contributed by atoms with Gasteiger partial charge >= 0.3 is 5.97 Å². The summed E-state index contributed by atoms with van der Waals surface area (Å²) in [6.45, 7) is 1.92. The molecule has 10 heteroatoms. The summed E-state index contributed by atoms with van der Waals surface area (Å²) in [6.07, 6.45) is 2.19. The van der Waals surface area contributed by atoms with Crippen LogP contribution in [0, 0.1) is 0 Å². The molecule has 2 atom stereocenters. The molecule has 2 heterocycles. The van der Waals surface area contributed by atoms with Gasteiger partial charge in [-0.05, 0) is 42.8 Å². The average molecular weight is 526 g/mol. The lowest BCUT2D eigenvalue weighted by Gasteiger charge is -2.36. The number of esters is 1.